The average molecular weight is 177 g/mol. The summed E-state index contributed by atoms with van der Waals surface area (Å²) in [6.07, 6.45) is 4.45. The van der Waals surface area contributed by atoms with Gasteiger partial charge in [0.15, 0.2) is 0 Å². The van der Waals surface area contributed by atoms with Crippen LogP contribution in [-0.4, -0.2) is 6.29 Å². The quantitative estimate of drug-likeness (QED) is 0.489. The Morgan fingerprint density at radius 1 is 1.54 bits per heavy atom. The zero-order valence-electron chi connectivity index (χ0n) is 8.32. The predicted molar refractivity (Wildman–Crippen MR) is 50.7 cm³/mol. The highest BCUT2D eigenvalue weighted by molar-refractivity contribution is 5.55. The van der Waals surface area contributed by atoms with Gasteiger partial charge in [0, 0.05) is 12.0 Å². The van der Waals surface area contributed by atoms with Gasteiger partial charge < -0.3 is 4.79 Å². The number of hydrogen-bond acceptors (Lipinski definition) is 2. The molecule has 1 saturated carbocycles. The van der Waals surface area contributed by atoms with Crippen molar-refractivity contribution in [3.63, 3.8) is 0 Å². The third-order valence-corrected chi connectivity index (χ3v) is 3.16. The molecule has 0 spiro atoms. The maximum Gasteiger partial charge on any atom is 0.123 e. The van der Waals surface area contributed by atoms with Crippen LogP contribution in [0.4, 0.5) is 0 Å². The number of aldehydes is 1. The Hall–Kier alpha value is -1.10. The number of allylic oxidation sites excluding steroid dienone is 2. The van der Waals surface area contributed by atoms with Gasteiger partial charge in [-0.3, -0.25) is 0 Å². The minimum atomic E-state index is 0.100. The van der Waals surface area contributed by atoms with Crippen LogP contribution in [0.5, 0.6) is 0 Å². The first kappa shape index (κ1) is 9.98. The third-order valence-electron chi connectivity index (χ3n) is 3.16. The van der Waals surface area contributed by atoms with Gasteiger partial charge in [-0.15, -0.1) is 0 Å². The zero-order chi connectivity index (χ0) is 10.1. The Kier molecular flexibility index (Phi) is 2.56. The third kappa shape index (κ3) is 1.65. The van der Waals surface area contributed by atoms with Crippen molar-refractivity contribution in [3.8, 4) is 6.07 Å². The molecule has 0 heterocycles. The fourth-order valence-electron chi connectivity index (χ4n) is 2.32. The molecule has 2 heteroatoms. The molecule has 0 N–H and O–H groups in total. The largest absolute Gasteiger partial charge is 0.303 e. The highest BCUT2D eigenvalue weighted by Gasteiger charge is 2.58. The summed E-state index contributed by atoms with van der Waals surface area (Å²) >= 11 is 0. The van der Waals surface area contributed by atoms with E-state index in [1.54, 1.807) is 0 Å². The van der Waals surface area contributed by atoms with Gasteiger partial charge in [-0.1, -0.05) is 26.8 Å². The molecule has 0 aromatic heterocycles. The number of nitrogens with zero attached hydrogens (tertiary/aromatic N) is 1. The molecule has 0 bridgehead atoms. The van der Waals surface area contributed by atoms with Crippen LogP contribution in [0.1, 0.15) is 20.8 Å². The van der Waals surface area contributed by atoms with E-state index in [1.165, 1.54) is 6.08 Å². The molecule has 1 rings (SSSR count). The van der Waals surface area contributed by atoms with Crippen LogP contribution in [0, 0.1) is 34.5 Å². The van der Waals surface area contributed by atoms with Gasteiger partial charge in [0.1, 0.15) is 6.29 Å². The first-order valence-electron chi connectivity index (χ1n) is 4.57. The lowest BCUT2D eigenvalue weighted by atomic mass is 10.0. The summed E-state index contributed by atoms with van der Waals surface area (Å²) < 4.78 is 0. The van der Waals surface area contributed by atoms with Crippen molar-refractivity contribution >= 4 is 6.29 Å². The first-order chi connectivity index (χ1) is 6.05. The molecular formula is C11H15NO. The van der Waals surface area contributed by atoms with Gasteiger partial charge in [-0.25, -0.2) is 0 Å². The molecule has 0 aromatic rings. The Labute approximate surface area is 79.2 Å². The number of nitriles is 1. The van der Waals surface area contributed by atoms with Crippen molar-refractivity contribution in [3.05, 3.63) is 12.2 Å². The highest BCUT2D eigenvalue weighted by atomic mass is 16.1. The monoisotopic (exact) mass is 177 g/mol. The molecule has 1 fully saturated rings. The van der Waals surface area contributed by atoms with Gasteiger partial charge >= 0.3 is 0 Å². The van der Waals surface area contributed by atoms with E-state index < -0.39 is 0 Å². The van der Waals surface area contributed by atoms with Gasteiger partial charge in [-0.2, -0.15) is 5.26 Å². The zero-order valence-corrected chi connectivity index (χ0v) is 8.32. The van der Waals surface area contributed by atoms with Crippen molar-refractivity contribution in [2.45, 2.75) is 20.8 Å². The molecule has 0 aliphatic heterocycles. The molecule has 13 heavy (non-hydrogen) atoms. The molecule has 2 nitrogen and oxygen atoms in total. The van der Waals surface area contributed by atoms with Crippen molar-refractivity contribution in [1.29, 1.82) is 5.26 Å². The van der Waals surface area contributed by atoms with Crippen molar-refractivity contribution in [2.75, 3.05) is 0 Å². The Morgan fingerprint density at radius 3 is 2.62 bits per heavy atom. The van der Waals surface area contributed by atoms with E-state index in [0.717, 1.165) is 6.29 Å². The van der Waals surface area contributed by atoms with Crippen LogP contribution in [0.25, 0.3) is 0 Å². The summed E-state index contributed by atoms with van der Waals surface area (Å²) in [6.45, 7) is 6.23. The minimum absolute atomic E-state index is 0.100. The summed E-state index contributed by atoms with van der Waals surface area (Å²) in [5, 5.41) is 8.39. The molecule has 0 aromatic carbocycles. The molecule has 0 amide bonds. The second-order valence-corrected chi connectivity index (χ2v) is 4.36. The standard InChI is InChI=1S/C11H15NO/c1-8(7-13)10-9(5-4-6-12)11(10,2)3/h4-5,7-10H,1-3H3. The molecule has 1 aliphatic carbocycles. The number of hydrogen-bond donors (Lipinski definition) is 0. The lowest BCUT2D eigenvalue weighted by molar-refractivity contribution is -0.111. The minimum Gasteiger partial charge on any atom is -0.303 e. The van der Waals surface area contributed by atoms with Crippen LogP contribution < -0.4 is 0 Å². The van der Waals surface area contributed by atoms with Gasteiger partial charge in [0.25, 0.3) is 0 Å². The predicted octanol–water partition coefficient (Wildman–Crippen LogP) is 2.17. The van der Waals surface area contributed by atoms with Crippen molar-refractivity contribution in [2.24, 2.45) is 23.2 Å². The lowest BCUT2D eigenvalue weighted by Crippen LogP contribution is -2.03. The molecule has 3 atom stereocenters. The van der Waals surface area contributed by atoms with E-state index >= 15 is 0 Å². The van der Waals surface area contributed by atoms with Gasteiger partial charge in [0.05, 0.1) is 6.07 Å². The summed E-state index contributed by atoms with van der Waals surface area (Å²) in [4.78, 5) is 10.6. The molecule has 1 aliphatic rings. The van der Waals surface area contributed by atoms with Crippen LogP contribution in [0.2, 0.25) is 0 Å². The van der Waals surface area contributed by atoms with Crippen molar-refractivity contribution < 1.29 is 4.79 Å². The van der Waals surface area contributed by atoms with E-state index in [0.29, 0.717) is 11.8 Å². The lowest BCUT2D eigenvalue weighted by Gasteiger charge is -2.03. The van der Waals surface area contributed by atoms with E-state index in [9.17, 15) is 4.79 Å². The SMILES string of the molecule is CC(C=O)C1C(C=CC#N)C1(C)C. The summed E-state index contributed by atoms with van der Waals surface area (Å²) in [7, 11) is 0. The molecule has 3 unspecified atom stereocenters. The Bertz CT molecular complexity index is 272. The van der Waals surface area contributed by atoms with Gasteiger partial charge in [-0.05, 0) is 17.3 Å². The normalized spacial score (nSPS) is 32.5. The summed E-state index contributed by atoms with van der Waals surface area (Å²) in [6, 6.07) is 1.99. The molecule has 0 radical (unpaired) electrons. The first-order valence-corrected chi connectivity index (χ1v) is 4.57. The summed E-state index contributed by atoms with van der Waals surface area (Å²) in [5.41, 5.74) is 0.188. The van der Waals surface area contributed by atoms with Crippen LogP contribution in [0.15, 0.2) is 12.2 Å². The van der Waals surface area contributed by atoms with E-state index in [1.807, 2.05) is 19.1 Å². The highest BCUT2D eigenvalue weighted by Crippen LogP contribution is 2.61. The van der Waals surface area contributed by atoms with Gasteiger partial charge in [0.2, 0.25) is 0 Å². The fraction of sp³-hybridized carbons (Fsp3) is 0.636. The maximum absolute atomic E-state index is 10.6. The smallest absolute Gasteiger partial charge is 0.123 e. The van der Waals surface area contributed by atoms with E-state index in [2.05, 4.69) is 13.8 Å². The number of rotatable bonds is 3. The second-order valence-electron chi connectivity index (χ2n) is 4.36. The van der Waals surface area contributed by atoms with E-state index in [4.69, 9.17) is 5.26 Å². The molecular weight excluding hydrogens is 162 g/mol. The molecule has 70 valence electrons. The Balaban J connectivity index is 2.67. The molecule has 0 saturated heterocycles. The fourth-order valence-corrected chi connectivity index (χ4v) is 2.32. The van der Waals surface area contributed by atoms with Crippen LogP contribution in [-0.2, 0) is 4.79 Å². The van der Waals surface area contributed by atoms with Crippen molar-refractivity contribution in [1.82, 2.24) is 0 Å². The van der Waals surface area contributed by atoms with Crippen LogP contribution >= 0.6 is 0 Å². The number of carbonyl (C=O) groups excluding carboxylic acids is 1. The topological polar surface area (TPSA) is 40.9 Å². The van der Waals surface area contributed by atoms with Crippen LogP contribution in [0.3, 0.4) is 0 Å². The maximum atomic E-state index is 10.6. The van der Waals surface area contributed by atoms with E-state index in [-0.39, 0.29) is 11.3 Å². The summed E-state index contributed by atoms with van der Waals surface area (Å²) in [5.74, 6) is 0.908. The average Bonchev–Trinajstić information content (AvgIpc) is 2.63. The second kappa shape index (κ2) is 3.33. The Morgan fingerprint density at radius 2 is 2.15 bits per heavy atom. The number of carbonyl (C=O) groups is 1.